The Morgan fingerprint density at radius 2 is 1.77 bits per heavy atom. The van der Waals surface area contributed by atoms with E-state index >= 15 is 0 Å². The van der Waals surface area contributed by atoms with E-state index in [2.05, 4.69) is 38.0 Å². The fraction of sp³-hybridized carbons (Fsp3) is 0.529. The molecule has 0 unspecified atom stereocenters. The van der Waals surface area contributed by atoms with Gasteiger partial charge in [0.15, 0.2) is 0 Å². The van der Waals surface area contributed by atoms with Gasteiger partial charge in [-0.15, -0.1) is 5.10 Å². The van der Waals surface area contributed by atoms with Crippen molar-refractivity contribution in [3.8, 4) is 11.4 Å². The van der Waals surface area contributed by atoms with Gasteiger partial charge in [-0.1, -0.05) is 32.9 Å². The molecule has 0 aliphatic rings. The first-order valence-electron chi connectivity index (χ1n) is 7.78. The summed E-state index contributed by atoms with van der Waals surface area (Å²) in [6.07, 6.45) is 0.828. The second-order valence-electron chi connectivity index (χ2n) is 6.35. The van der Waals surface area contributed by atoms with Crippen molar-refractivity contribution in [1.29, 1.82) is 0 Å². The average Bonchev–Trinajstić information content (AvgIpc) is 2.87. The zero-order valence-corrected chi connectivity index (χ0v) is 13.8. The Balaban J connectivity index is 2.22. The molecule has 5 nitrogen and oxygen atoms in total. The van der Waals surface area contributed by atoms with Crippen LogP contribution < -0.4 is 4.74 Å². The number of ether oxygens (including phenoxy) is 1. The molecule has 1 heterocycles. The zero-order valence-electron chi connectivity index (χ0n) is 13.8. The summed E-state index contributed by atoms with van der Waals surface area (Å²) in [5, 5.41) is 17.7. The van der Waals surface area contributed by atoms with Gasteiger partial charge in [0, 0.05) is 0 Å². The van der Waals surface area contributed by atoms with Crippen LogP contribution in [0.3, 0.4) is 0 Å². The lowest BCUT2D eigenvalue weighted by molar-refractivity contribution is 0.271. The Bertz CT molecular complexity index is 588. The van der Waals surface area contributed by atoms with Gasteiger partial charge in [-0.25, -0.2) is 4.68 Å². The summed E-state index contributed by atoms with van der Waals surface area (Å²) >= 11 is 0. The van der Waals surface area contributed by atoms with Crippen LogP contribution in [0.15, 0.2) is 24.3 Å². The van der Waals surface area contributed by atoms with E-state index in [1.54, 1.807) is 4.68 Å². The Morgan fingerprint density at radius 1 is 1.09 bits per heavy atom. The summed E-state index contributed by atoms with van der Waals surface area (Å²) in [5.41, 5.74) is 2.54. The quantitative estimate of drug-likeness (QED) is 0.854. The second kappa shape index (κ2) is 7.40. The average molecular weight is 303 g/mol. The van der Waals surface area contributed by atoms with Gasteiger partial charge >= 0.3 is 0 Å². The van der Waals surface area contributed by atoms with Crippen molar-refractivity contribution in [2.24, 2.45) is 11.8 Å². The van der Waals surface area contributed by atoms with Gasteiger partial charge < -0.3 is 9.84 Å². The number of benzene rings is 1. The van der Waals surface area contributed by atoms with Crippen LogP contribution in [0.1, 0.15) is 39.1 Å². The molecule has 5 heteroatoms. The molecule has 2 rings (SSSR count). The van der Waals surface area contributed by atoms with Crippen LogP contribution in [0, 0.1) is 11.8 Å². The molecule has 22 heavy (non-hydrogen) atoms. The fourth-order valence-corrected chi connectivity index (χ4v) is 2.20. The van der Waals surface area contributed by atoms with Crippen LogP contribution in [0.4, 0.5) is 0 Å². The van der Waals surface area contributed by atoms with Crippen molar-refractivity contribution in [2.75, 3.05) is 6.61 Å². The van der Waals surface area contributed by atoms with Crippen molar-refractivity contribution < 1.29 is 9.84 Å². The van der Waals surface area contributed by atoms with E-state index in [1.807, 2.05) is 24.3 Å². The van der Waals surface area contributed by atoms with E-state index in [1.165, 1.54) is 0 Å². The Kier molecular flexibility index (Phi) is 5.55. The number of hydrogen-bond donors (Lipinski definition) is 1. The summed E-state index contributed by atoms with van der Waals surface area (Å²) in [6, 6.07) is 7.82. The molecule has 0 bridgehead atoms. The second-order valence-corrected chi connectivity index (χ2v) is 6.35. The number of aliphatic hydroxyl groups excluding tert-OH is 1. The minimum absolute atomic E-state index is 0.0857. The lowest BCUT2D eigenvalue weighted by atomic mass is 10.1. The van der Waals surface area contributed by atoms with Gasteiger partial charge in [0.25, 0.3) is 0 Å². The number of aromatic nitrogens is 3. The highest BCUT2D eigenvalue weighted by atomic mass is 16.5. The van der Waals surface area contributed by atoms with Crippen LogP contribution in [-0.4, -0.2) is 26.7 Å². The van der Waals surface area contributed by atoms with Gasteiger partial charge in [-0.05, 0) is 42.5 Å². The SMILES string of the molecule is CC(C)COc1ccc(-n2nnc(CO)c2CC(C)C)cc1. The third-order valence-electron chi connectivity index (χ3n) is 3.26. The monoisotopic (exact) mass is 303 g/mol. The van der Waals surface area contributed by atoms with Gasteiger partial charge in [0.1, 0.15) is 11.4 Å². The molecule has 0 amide bonds. The molecule has 1 aromatic carbocycles. The maximum absolute atomic E-state index is 9.42. The molecule has 0 fully saturated rings. The number of hydrogen-bond acceptors (Lipinski definition) is 4. The third-order valence-corrected chi connectivity index (χ3v) is 3.26. The van der Waals surface area contributed by atoms with E-state index in [9.17, 15) is 5.11 Å². The third kappa shape index (κ3) is 4.07. The first-order chi connectivity index (χ1) is 10.5. The van der Waals surface area contributed by atoms with Gasteiger partial charge in [-0.2, -0.15) is 0 Å². The minimum atomic E-state index is -0.0857. The predicted molar refractivity (Wildman–Crippen MR) is 86.2 cm³/mol. The molecular formula is C17H25N3O2. The number of aliphatic hydroxyl groups is 1. The summed E-state index contributed by atoms with van der Waals surface area (Å²) in [7, 11) is 0. The van der Waals surface area contributed by atoms with E-state index in [0.717, 1.165) is 23.6 Å². The molecule has 0 atom stereocenters. The molecule has 0 saturated carbocycles. The number of rotatable bonds is 7. The molecule has 0 aliphatic carbocycles. The van der Waals surface area contributed by atoms with E-state index in [4.69, 9.17) is 4.74 Å². The predicted octanol–water partition coefficient (Wildman–Crippen LogP) is 2.99. The largest absolute Gasteiger partial charge is 0.493 e. The summed E-state index contributed by atoms with van der Waals surface area (Å²) in [4.78, 5) is 0. The first-order valence-corrected chi connectivity index (χ1v) is 7.78. The topological polar surface area (TPSA) is 60.2 Å². The van der Waals surface area contributed by atoms with Crippen molar-refractivity contribution in [1.82, 2.24) is 15.0 Å². The van der Waals surface area contributed by atoms with E-state index in [-0.39, 0.29) is 6.61 Å². The van der Waals surface area contributed by atoms with Gasteiger partial charge in [0.2, 0.25) is 0 Å². The lowest BCUT2D eigenvalue weighted by Crippen LogP contribution is -2.08. The Hall–Kier alpha value is -1.88. The van der Waals surface area contributed by atoms with E-state index in [0.29, 0.717) is 24.1 Å². The maximum Gasteiger partial charge on any atom is 0.119 e. The summed E-state index contributed by atoms with van der Waals surface area (Å²) in [6.45, 7) is 9.15. The highest BCUT2D eigenvalue weighted by Gasteiger charge is 2.15. The maximum atomic E-state index is 9.42. The van der Waals surface area contributed by atoms with Crippen molar-refractivity contribution >= 4 is 0 Å². The Morgan fingerprint density at radius 3 is 2.32 bits per heavy atom. The van der Waals surface area contributed by atoms with Crippen LogP contribution in [-0.2, 0) is 13.0 Å². The van der Waals surface area contributed by atoms with Gasteiger partial charge in [-0.3, -0.25) is 0 Å². The molecular weight excluding hydrogens is 278 g/mol. The first kappa shape index (κ1) is 16.5. The zero-order chi connectivity index (χ0) is 16.1. The molecule has 1 aromatic heterocycles. The molecule has 0 spiro atoms. The van der Waals surface area contributed by atoms with Crippen LogP contribution in [0.2, 0.25) is 0 Å². The van der Waals surface area contributed by atoms with Crippen LogP contribution >= 0.6 is 0 Å². The Labute approximate surface area is 131 Å². The smallest absolute Gasteiger partial charge is 0.119 e. The standard InChI is InChI=1S/C17H25N3O2/c1-12(2)9-17-16(10-21)18-19-20(17)14-5-7-15(8-6-14)22-11-13(3)4/h5-8,12-13,21H,9-11H2,1-4H3. The number of nitrogens with zero attached hydrogens (tertiary/aromatic N) is 3. The van der Waals surface area contributed by atoms with Crippen molar-refractivity contribution in [3.05, 3.63) is 35.7 Å². The summed E-state index contributed by atoms with van der Waals surface area (Å²) < 4.78 is 7.50. The molecule has 120 valence electrons. The van der Waals surface area contributed by atoms with Crippen LogP contribution in [0.5, 0.6) is 5.75 Å². The molecule has 0 aliphatic heterocycles. The normalized spacial score (nSPS) is 11.4. The fourth-order valence-electron chi connectivity index (χ4n) is 2.20. The van der Waals surface area contributed by atoms with Crippen molar-refractivity contribution in [2.45, 2.75) is 40.7 Å². The van der Waals surface area contributed by atoms with Crippen molar-refractivity contribution in [3.63, 3.8) is 0 Å². The minimum Gasteiger partial charge on any atom is -0.493 e. The van der Waals surface area contributed by atoms with Gasteiger partial charge in [0.05, 0.1) is 24.6 Å². The van der Waals surface area contributed by atoms with Crippen LogP contribution in [0.25, 0.3) is 5.69 Å². The molecule has 1 N–H and O–H groups in total. The highest BCUT2D eigenvalue weighted by molar-refractivity contribution is 5.38. The molecule has 0 radical (unpaired) electrons. The summed E-state index contributed by atoms with van der Waals surface area (Å²) in [5.74, 6) is 1.82. The molecule has 0 saturated heterocycles. The lowest BCUT2D eigenvalue weighted by Gasteiger charge is -2.11. The molecule has 2 aromatic rings. The highest BCUT2D eigenvalue weighted by Crippen LogP contribution is 2.20. The van der Waals surface area contributed by atoms with E-state index < -0.39 is 0 Å².